The van der Waals surface area contributed by atoms with Crippen molar-refractivity contribution in [1.29, 1.82) is 0 Å². The van der Waals surface area contributed by atoms with E-state index in [1.54, 1.807) is 13.0 Å². The third-order valence-corrected chi connectivity index (χ3v) is 2.64. The maximum absolute atomic E-state index is 11.6. The number of nitrogens with zero attached hydrogens (tertiary/aromatic N) is 1. The summed E-state index contributed by atoms with van der Waals surface area (Å²) in [5.74, 6) is -0.790. The molecule has 5 nitrogen and oxygen atoms in total. The molecular formula is C11H14N2O3S. The second kappa shape index (κ2) is 6.80. The molecule has 17 heavy (non-hydrogen) atoms. The highest BCUT2D eigenvalue weighted by molar-refractivity contribution is 7.11. The molecular weight excluding hydrogens is 240 g/mol. The van der Waals surface area contributed by atoms with Crippen molar-refractivity contribution < 1.29 is 14.3 Å². The topological polar surface area (TPSA) is 68.3 Å². The van der Waals surface area contributed by atoms with Crippen LogP contribution in [0.3, 0.4) is 0 Å². The number of thiazole rings is 1. The number of hydrogen-bond acceptors (Lipinski definition) is 5. The fourth-order valence-electron chi connectivity index (χ4n) is 1.04. The zero-order valence-corrected chi connectivity index (χ0v) is 10.4. The summed E-state index contributed by atoms with van der Waals surface area (Å²) in [5, 5.41) is 4.40. The zero-order valence-electron chi connectivity index (χ0n) is 9.56. The summed E-state index contributed by atoms with van der Waals surface area (Å²) >= 11 is 1.10. The molecule has 92 valence electrons. The van der Waals surface area contributed by atoms with Gasteiger partial charge in [0, 0.05) is 11.9 Å². The Balaban J connectivity index is 2.58. The molecule has 1 rings (SSSR count). The van der Waals surface area contributed by atoms with Gasteiger partial charge >= 0.3 is 5.97 Å². The quantitative estimate of drug-likeness (QED) is 0.476. The predicted molar refractivity (Wildman–Crippen MR) is 65.2 cm³/mol. The first-order chi connectivity index (χ1) is 8.19. The van der Waals surface area contributed by atoms with Crippen LogP contribution in [0.5, 0.6) is 0 Å². The Bertz CT molecular complexity index is 415. The van der Waals surface area contributed by atoms with Crippen LogP contribution in [0.1, 0.15) is 33.6 Å². The highest BCUT2D eigenvalue weighted by atomic mass is 32.1. The number of nitrogens with one attached hydrogen (secondary N) is 1. The Hall–Kier alpha value is -1.69. The molecule has 0 unspecified atom stereocenters. The maximum Gasteiger partial charge on any atom is 0.367 e. The summed E-state index contributed by atoms with van der Waals surface area (Å²) < 4.78 is 4.78. The number of hydrogen-bond donors (Lipinski definition) is 1. The van der Waals surface area contributed by atoms with Gasteiger partial charge in [0.05, 0.1) is 6.61 Å². The lowest BCUT2D eigenvalue weighted by atomic mass is 10.4. The molecule has 0 atom stereocenters. The van der Waals surface area contributed by atoms with Crippen LogP contribution in [0.2, 0.25) is 0 Å². The van der Waals surface area contributed by atoms with Crippen LogP contribution in [-0.4, -0.2) is 30.0 Å². The fourth-order valence-corrected chi connectivity index (χ4v) is 1.73. The van der Waals surface area contributed by atoms with Crippen molar-refractivity contribution in [3.8, 4) is 0 Å². The summed E-state index contributed by atoms with van der Waals surface area (Å²) in [6.07, 6.45) is 2.41. The van der Waals surface area contributed by atoms with Gasteiger partial charge in [-0.2, -0.15) is 0 Å². The van der Waals surface area contributed by atoms with Gasteiger partial charge < -0.3 is 10.1 Å². The summed E-state index contributed by atoms with van der Waals surface area (Å²) in [5.41, 5.74) is 0.238. The van der Waals surface area contributed by atoms with Gasteiger partial charge in [0.2, 0.25) is 5.01 Å². The minimum atomic E-state index is -0.498. The van der Waals surface area contributed by atoms with Gasteiger partial charge in [-0.15, -0.1) is 17.9 Å². The van der Waals surface area contributed by atoms with Gasteiger partial charge in [-0.05, 0) is 13.3 Å². The Morgan fingerprint density at radius 1 is 1.65 bits per heavy atom. The van der Waals surface area contributed by atoms with E-state index in [4.69, 9.17) is 4.74 Å². The van der Waals surface area contributed by atoms with Crippen molar-refractivity contribution in [3.63, 3.8) is 0 Å². The molecule has 1 N–H and O–H groups in total. The first kappa shape index (κ1) is 13.4. The molecule has 0 radical (unpaired) electrons. The number of ether oxygens (including phenoxy) is 1. The van der Waals surface area contributed by atoms with Gasteiger partial charge in [0.15, 0.2) is 0 Å². The predicted octanol–water partition coefficient (Wildman–Crippen LogP) is 1.63. The number of carbonyl (C=O) groups excluding carboxylic acids is 2. The fraction of sp³-hybridized carbons (Fsp3) is 0.364. The van der Waals surface area contributed by atoms with E-state index in [2.05, 4.69) is 16.9 Å². The van der Waals surface area contributed by atoms with Gasteiger partial charge in [-0.3, -0.25) is 4.79 Å². The van der Waals surface area contributed by atoms with Crippen molar-refractivity contribution in [2.45, 2.75) is 13.3 Å². The molecule has 0 aliphatic rings. The Morgan fingerprint density at radius 3 is 3.06 bits per heavy atom. The molecule has 0 fully saturated rings. The first-order valence-electron chi connectivity index (χ1n) is 5.20. The molecule has 0 aliphatic carbocycles. The van der Waals surface area contributed by atoms with E-state index in [-0.39, 0.29) is 16.6 Å². The SMILES string of the molecule is C=CCCNC(=O)c1csc(C(=O)OCC)n1. The van der Waals surface area contributed by atoms with Crippen LogP contribution in [0.15, 0.2) is 18.0 Å². The monoisotopic (exact) mass is 254 g/mol. The minimum Gasteiger partial charge on any atom is -0.461 e. The molecule has 0 spiro atoms. The molecule has 0 saturated carbocycles. The van der Waals surface area contributed by atoms with Gasteiger partial charge in [-0.25, -0.2) is 9.78 Å². The van der Waals surface area contributed by atoms with Crippen molar-refractivity contribution in [2.24, 2.45) is 0 Å². The largest absolute Gasteiger partial charge is 0.461 e. The number of rotatable bonds is 6. The molecule has 1 aromatic heterocycles. The maximum atomic E-state index is 11.6. The zero-order chi connectivity index (χ0) is 12.7. The average molecular weight is 254 g/mol. The number of esters is 1. The molecule has 1 aromatic rings. The van der Waals surface area contributed by atoms with Crippen LogP contribution in [0.4, 0.5) is 0 Å². The molecule has 0 aliphatic heterocycles. The van der Waals surface area contributed by atoms with E-state index >= 15 is 0 Å². The van der Waals surface area contributed by atoms with Crippen molar-refractivity contribution in [3.05, 3.63) is 28.7 Å². The summed E-state index contributed by atoms with van der Waals surface area (Å²) in [7, 11) is 0. The second-order valence-corrected chi connectivity index (χ2v) is 3.95. The van der Waals surface area contributed by atoms with E-state index in [9.17, 15) is 9.59 Å². The van der Waals surface area contributed by atoms with E-state index < -0.39 is 5.97 Å². The van der Waals surface area contributed by atoms with E-state index in [1.165, 1.54) is 5.38 Å². The van der Waals surface area contributed by atoms with Crippen molar-refractivity contribution >= 4 is 23.2 Å². The third kappa shape index (κ3) is 3.99. The summed E-state index contributed by atoms with van der Waals surface area (Å²) in [4.78, 5) is 26.8. The normalized spacial score (nSPS) is 9.71. The standard InChI is InChI=1S/C11H14N2O3S/c1-3-5-6-12-9(14)8-7-17-10(13-8)11(15)16-4-2/h3,7H,1,4-6H2,2H3,(H,12,14). The lowest BCUT2D eigenvalue weighted by Gasteiger charge is -1.99. The summed E-state index contributed by atoms with van der Waals surface area (Å²) in [6.45, 7) is 6.07. The lowest BCUT2D eigenvalue weighted by molar-refractivity contribution is 0.0526. The molecule has 1 amide bonds. The van der Waals surface area contributed by atoms with Crippen LogP contribution in [0.25, 0.3) is 0 Å². The highest BCUT2D eigenvalue weighted by Crippen LogP contribution is 2.11. The molecule has 6 heteroatoms. The second-order valence-electron chi connectivity index (χ2n) is 3.09. The van der Waals surface area contributed by atoms with E-state index in [0.717, 1.165) is 11.3 Å². The Labute approximate surface area is 104 Å². The molecule has 0 saturated heterocycles. The third-order valence-electron chi connectivity index (χ3n) is 1.82. The Morgan fingerprint density at radius 2 is 2.41 bits per heavy atom. The van der Waals surface area contributed by atoms with Crippen molar-refractivity contribution in [2.75, 3.05) is 13.2 Å². The van der Waals surface area contributed by atoms with Crippen LogP contribution in [-0.2, 0) is 4.74 Å². The highest BCUT2D eigenvalue weighted by Gasteiger charge is 2.15. The van der Waals surface area contributed by atoms with Crippen LogP contribution in [0, 0.1) is 0 Å². The number of amides is 1. The van der Waals surface area contributed by atoms with Gasteiger partial charge in [0.25, 0.3) is 5.91 Å². The van der Waals surface area contributed by atoms with Gasteiger partial charge in [0.1, 0.15) is 5.69 Å². The molecule has 0 aromatic carbocycles. The number of aromatic nitrogens is 1. The molecule has 1 heterocycles. The number of carbonyl (C=O) groups is 2. The minimum absolute atomic E-state index is 0.195. The van der Waals surface area contributed by atoms with Crippen LogP contribution >= 0.6 is 11.3 Å². The van der Waals surface area contributed by atoms with Crippen LogP contribution < -0.4 is 5.32 Å². The average Bonchev–Trinajstić information content (AvgIpc) is 2.79. The van der Waals surface area contributed by atoms with Gasteiger partial charge in [-0.1, -0.05) is 6.08 Å². The first-order valence-corrected chi connectivity index (χ1v) is 6.08. The van der Waals surface area contributed by atoms with E-state index in [1.807, 2.05) is 0 Å². The van der Waals surface area contributed by atoms with Crippen molar-refractivity contribution in [1.82, 2.24) is 10.3 Å². The molecule has 0 bridgehead atoms. The lowest BCUT2D eigenvalue weighted by Crippen LogP contribution is -2.24. The smallest absolute Gasteiger partial charge is 0.367 e. The Kier molecular flexibility index (Phi) is 5.35. The summed E-state index contributed by atoms with van der Waals surface area (Å²) in [6, 6.07) is 0. The van der Waals surface area contributed by atoms with E-state index in [0.29, 0.717) is 19.6 Å².